The van der Waals surface area contributed by atoms with Gasteiger partial charge in [-0.15, -0.1) is 11.6 Å². The molecule has 0 aliphatic carbocycles. The Bertz CT molecular complexity index is 160. The van der Waals surface area contributed by atoms with E-state index >= 15 is 0 Å². The van der Waals surface area contributed by atoms with Crippen LogP contribution < -0.4 is 0 Å². The van der Waals surface area contributed by atoms with Gasteiger partial charge < -0.3 is 10.2 Å². The predicted molar refractivity (Wildman–Crippen MR) is 51.4 cm³/mol. The summed E-state index contributed by atoms with van der Waals surface area (Å²) in [6, 6.07) is 0. The smallest absolute Gasteiger partial charge is 0.0923 e. The number of hydrogen-bond donors (Lipinski definition) is 2. The molecule has 0 saturated carbocycles. The van der Waals surface area contributed by atoms with E-state index in [2.05, 4.69) is 0 Å². The van der Waals surface area contributed by atoms with Gasteiger partial charge in [-0.2, -0.15) is 0 Å². The molecule has 3 heteroatoms. The van der Waals surface area contributed by atoms with Crippen molar-refractivity contribution in [2.75, 3.05) is 12.5 Å². The Morgan fingerprint density at radius 3 is 2.33 bits per heavy atom. The molecule has 0 aliphatic rings. The van der Waals surface area contributed by atoms with E-state index in [1.807, 2.05) is 19.9 Å². The number of rotatable bonds is 4. The van der Waals surface area contributed by atoms with Gasteiger partial charge in [0.15, 0.2) is 0 Å². The molecule has 0 bridgehead atoms. The van der Waals surface area contributed by atoms with Crippen LogP contribution in [0, 0.1) is 5.92 Å². The summed E-state index contributed by atoms with van der Waals surface area (Å²) >= 11 is 5.66. The fraction of sp³-hybridized carbons (Fsp3) is 0.778. The molecule has 0 aromatic carbocycles. The van der Waals surface area contributed by atoms with Crippen molar-refractivity contribution >= 4 is 11.6 Å². The molecule has 0 aliphatic heterocycles. The van der Waals surface area contributed by atoms with E-state index in [1.54, 1.807) is 6.92 Å². The summed E-state index contributed by atoms with van der Waals surface area (Å²) in [5.41, 5.74) is -0.0201. The first-order valence-corrected chi connectivity index (χ1v) is 4.51. The lowest BCUT2D eigenvalue weighted by Gasteiger charge is -2.27. The Hall–Kier alpha value is -0.0500. The molecule has 1 unspecified atom stereocenters. The minimum Gasteiger partial charge on any atom is -0.393 e. The van der Waals surface area contributed by atoms with Gasteiger partial charge >= 0.3 is 0 Å². The Morgan fingerprint density at radius 1 is 1.58 bits per heavy atom. The molecule has 2 atom stereocenters. The van der Waals surface area contributed by atoms with Gasteiger partial charge in [-0.1, -0.05) is 11.6 Å². The van der Waals surface area contributed by atoms with Crippen LogP contribution in [-0.4, -0.2) is 28.3 Å². The third-order valence-corrected chi connectivity index (χ3v) is 2.15. The van der Waals surface area contributed by atoms with E-state index in [4.69, 9.17) is 16.7 Å². The summed E-state index contributed by atoms with van der Waals surface area (Å²) in [6.07, 6.45) is 1.88. The highest BCUT2D eigenvalue weighted by atomic mass is 35.5. The molecule has 0 rings (SSSR count). The van der Waals surface area contributed by atoms with Crippen molar-refractivity contribution in [1.82, 2.24) is 0 Å². The van der Waals surface area contributed by atoms with Crippen molar-refractivity contribution in [3.8, 4) is 0 Å². The van der Waals surface area contributed by atoms with Crippen molar-refractivity contribution in [1.29, 1.82) is 0 Å². The van der Waals surface area contributed by atoms with Crippen LogP contribution in [-0.2, 0) is 0 Å². The molecular weight excluding hydrogens is 176 g/mol. The first-order valence-electron chi connectivity index (χ1n) is 3.98. The quantitative estimate of drug-likeness (QED) is 0.524. The summed E-state index contributed by atoms with van der Waals surface area (Å²) in [6.45, 7) is 5.19. The van der Waals surface area contributed by atoms with Crippen LogP contribution in [0.2, 0.25) is 0 Å². The van der Waals surface area contributed by atoms with Crippen LogP contribution in [0.3, 0.4) is 0 Å². The van der Waals surface area contributed by atoms with Crippen LogP contribution in [0.25, 0.3) is 0 Å². The zero-order chi connectivity index (χ0) is 9.78. The molecule has 0 fully saturated rings. The standard InChI is InChI=1S/C9H17ClO2/c1-7(2)4-8(5-10)9(3,12)6-11/h4,8,11-12H,5-6H2,1-3H3/t8?,9-/m1/s1. The monoisotopic (exact) mass is 192 g/mol. The molecule has 2 nitrogen and oxygen atoms in total. The second-order valence-electron chi connectivity index (χ2n) is 3.52. The van der Waals surface area contributed by atoms with Crippen molar-refractivity contribution in [3.05, 3.63) is 11.6 Å². The fourth-order valence-corrected chi connectivity index (χ4v) is 1.33. The lowest BCUT2D eigenvalue weighted by Crippen LogP contribution is -2.38. The number of aliphatic hydroxyl groups excluding tert-OH is 1. The summed E-state index contributed by atoms with van der Waals surface area (Å²) < 4.78 is 0. The molecule has 0 spiro atoms. The van der Waals surface area contributed by atoms with Crippen LogP contribution in [0.1, 0.15) is 20.8 Å². The normalized spacial score (nSPS) is 18.2. The van der Waals surface area contributed by atoms with Gasteiger partial charge in [0.2, 0.25) is 0 Å². The highest BCUT2D eigenvalue weighted by Crippen LogP contribution is 2.20. The highest BCUT2D eigenvalue weighted by molar-refractivity contribution is 6.18. The van der Waals surface area contributed by atoms with Crippen molar-refractivity contribution in [3.63, 3.8) is 0 Å². The molecule has 0 aromatic rings. The van der Waals surface area contributed by atoms with Crippen LogP contribution in [0.5, 0.6) is 0 Å². The van der Waals surface area contributed by atoms with E-state index < -0.39 is 5.60 Å². The second-order valence-corrected chi connectivity index (χ2v) is 3.83. The molecule has 0 saturated heterocycles. The lowest BCUT2D eigenvalue weighted by atomic mass is 9.90. The van der Waals surface area contributed by atoms with Crippen LogP contribution in [0.15, 0.2) is 11.6 Å². The van der Waals surface area contributed by atoms with E-state index in [9.17, 15) is 5.11 Å². The highest BCUT2D eigenvalue weighted by Gasteiger charge is 2.28. The number of aliphatic hydroxyl groups is 2. The number of alkyl halides is 1. The van der Waals surface area contributed by atoms with Crippen LogP contribution in [0.4, 0.5) is 0 Å². The molecule has 0 heterocycles. The fourth-order valence-electron chi connectivity index (χ4n) is 0.910. The third-order valence-electron chi connectivity index (χ3n) is 1.82. The largest absolute Gasteiger partial charge is 0.393 e. The molecule has 0 radical (unpaired) electrons. The van der Waals surface area contributed by atoms with E-state index in [1.165, 1.54) is 0 Å². The average molecular weight is 193 g/mol. The summed E-state index contributed by atoms with van der Waals surface area (Å²) in [4.78, 5) is 0. The third kappa shape index (κ3) is 3.57. The lowest BCUT2D eigenvalue weighted by molar-refractivity contribution is -0.0256. The van der Waals surface area contributed by atoms with Gasteiger partial charge in [0.05, 0.1) is 12.2 Å². The molecule has 0 amide bonds. The summed E-state index contributed by atoms with van der Waals surface area (Å²) in [5.74, 6) is 0.132. The Labute approximate surface area is 78.9 Å². The van der Waals surface area contributed by atoms with Crippen molar-refractivity contribution in [2.24, 2.45) is 5.92 Å². The first kappa shape index (κ1) is 11.9. The maximum absolute atomic E-state index is 9.65. The topological polar surface area (TPSA) is 40.5 Å². The van der Waals surface area contributed by atoms with Gasteiger partial charge in [0.25, 0.3) is 0 Å². The van der Waals surface area contributed by atoms with Crippen molar-refractivity contribution < 1.29 is 10.2 Å². The summed E-state index contributed by atoms with van der Waals surface area (Å²) in [7, 11) is 0. The minimum absolute atomic E-state index is 0.186. The van der Waals surface area contributed by atoms with Gasteiger partial charge in [0.1, 0.15) is 0 Å². The van der Waals surface area contributed by atoms with E-state index in [-0.39, 0.29) is 12.5 Å². The van der Waals surface area contributed by atoms with Gasteiger partial charge in [0, 0.05) is 11.8 Å². The molecule has 12 heavy (non-hydrogen) atoms. The van der Waals surface area contributed by atoms with Crippen LogP contribution >= 0.6 is 11.6 Å². The average Bonchev–Trinajstić information content (AvgIpc) is 1.99. The van der Waals surface area contributed by atoms with Crippen molar-refractivity contribution in [2.45, 2.75) is 26.4 Å². The molecular formula is C9H17ClO2. The number of halogens is 1. The minimum atomic E-state index is -1.11. The SMILES string of the molecule is CC(C)=CC(CCl)[C@](C)(O)CO. The maximum atomic E-state index is 9.65. The zero-order valence-electron chi connectivity index (χ0n) is 7.84. The Morgan fingerprint density at radius 2 is 2.08 bits per heavy atom. The number of allylic oxidation sites excluding steroid dienone is 1. The molecule has 2 N–H and O–H groups in total. The zero-order valence-corrected chi connectivity index (χ0v) is 8.60. The van der Waals surface area contributed by atoms with E-state index in [0.29, 0.717) is 5.88 Å². The molecule has 72 valence electrons. The Kier molecular flexibility index (Phi) is 4.83. The van der Waals surface area contributed by atoms with E-state index in [0.717, 1.165) is 5.57 Å². The van der Waals surface area contributed by atoms with Gasteiger partial charge in [-0.3, -0.25) is 0 Å². The maximum Gasteiger partial charge on any atom is 0.0923 e. The van der Waals surface area contributed by atoms with Gasteiger partial charge in [-0.25, -0.2) is 0 Å². The summed E-state index contributed by atoms with van der Waals surface area (Å²) in [5, 5.41) is 18.5. The second kappa shape index (κ2) is 4.85. The number of hydrogen-bond acceptors (Lipinski definition) is 2. The molecule has 0 aromatic heterocycles. The predicted octanol–water partition coefficient (Wildman–Crippen LogP) is 1.55. The van der Waals surface area contributed by atoms with Gasteiger partial charge in [-0.05, 0) is 20.8 Å². The Balaban J connectivity index is 4.45. The first-order chi connectivity index (χ1) is 5.44.